The Kier molecular flexibility index (Phi) is 4.01. The fraction of sp³-hybridized carbons (Fsp3) is 0.375. The molecule has 1 saturated heterocycles. The second kappa shape index (κ2) is 5.93. The number of aromatic nitrogens is 2. The number of anilines is 2. The van der Waals surface area contributed by atoms with E-state index in [1.165, 1.54) is 5.56 Å². The fourth-order valence-electron chi connectivity index (χ4n) is 2.63. The highest BCUT2D eigenvalue weighted by molar-refractivity contribution is 7.99. The lowest BCUT2D eigenvalue weighted by atomic mass is 10.0. The van der Waals surface area contributed by atoms with Gasteiger partial charge in [-0.3, -0.25) is 0 Å². The van der Waals surface area contributed by atoms with Gasteiger partial charge in [-0.2, -0.15) is 11.8 Å². The highest BCUT2D eigenvalue weighted by Crippen LogP contribution is 2.33. The lowest BCUT2D eigenvalue weighted by molar-refractivity contribution is 0.831. The molecule has 0 atom stereocenters. The third kappa shape index (κ3) is 2.83. The van der Waals surface area contributed by atoms with Crippen molar-refractivity contribution in [3.63, 3.8) is 0 Å². The van der Waals surface area contributed by atoms with Gasteiger partial charge in [0, 0.05) is 30.2 Å². The summed E-state index contributed by atoms with van der Waals surface area (Å²) in [7, 11) is 0. The molecule has 0 saturated carbocycles. The highest BCUT2D eigenvalue weighted by Gasteiger charge is 2.20. The van der Waals surface area contributed by atoms with Crippen LogP contribution in [0, 0.1) is 13.8 Å². The molecule has 1 aliphatic heterocycles. The van der Waals surface area contributed by atoms with Crippen LogP contribution < -0.4 is 10.6 Å². The summed E-state index contributed by atoms with van der Waals surface area (Å²) in [6, 6.07) is 8.22. The van der Waals surface area contributed by atoms with Crippen LogP contribution in [0.15, 0.2) is 24.3 Å². The van der Waals surface area contributed by atoms with Crippen molar-refractivity contribution in [1.82, 2.24) is 9.97 Å². The molecule has 0 unspecified atom stereocenters. The van der Waals surface area contributed by atoms with Crippen LogP contribution in [0.2, 0.25) is 0 Å². The molecule has 0 radical (unpaired) electrons. The lowest BCUT2D eigenvalue weighted by Crippen LogP contribution is -2.34. The van der Waals surface area contributed by atoms with E-state index in [4.69, 9.17) is 5.73 Å². The number of thioether (sulfide) groups is 1. The van der Waals surface area contributed by atoms with Gasteiger partial charge in [0.05, 0.1) is 5.69 Å². The zero-order chi connectivity index (χ0) is 14.8. The summed E-state index contributed by atoms with van der Waals surface area (Å²) >= 11 is 1.98. The van der Waals surface area contributed by atoms with Crippen LogP contribution in [-0.2, 0) is 0 Å². The zero-order valence-corrected chi connectivity index (χ0v) is 13.3. The molecule has 2 heterocycles. The number of hydrogen-bond acceptors (Lipinski definition) is 5. The van der Waals surface area contributed by atoms with Crippen molar-refractivity contribution in [1.29, 1.82) is 0 Å². The maximum Gasteiger partial charge on any atom is 0.156 e. The van der Waals surface area contributed by atoms with Gasteiger partial charge in [0.15, 0.2) is 5.82 Å². The van der Waals surface area contributed by atoms with E-state index in [1.54, 1.807) is 0 Å². The summed E-state index contributed by atoms with van der Waals surface area (Å²) in [4.78, 5) is 11.5. The maximum absolute atomic E-state index is 6.41. The molecule has 2 aromatic rings. The van der Waals surface area contributed by atoms with E-state index in [9.17, 15) is 0 Å². The van der Waals surface area contributed by atoms with Crippen LogP contribution in [0.25, 0.3) is 11.3 Å². The van der Waals surface area contributed by atoms with Gasteiger partial charge in [-0.15, -0.1) is 0 Å². The van der Waals surface area contributed by atoms with Crippen LogP contribution in [0.5, 0.6) is 0 Å². The Bertz CT molecular complexity index is 651. The van der Waals surface area contributed by atoms with Gasteiger partial charge in [-0.05, 0) is 19.4 Å². The predicted molar refractivity (Wildman–Crippen MR) is 90.9 cm³/mol. The van der Waals surface area contributed by atoms with E-state index in [-0.39, 0.29) is 0 Å². The van der Waals surface area contributed by atoms with Crippen molar-refractivity contribution in [2.75, 3.05) is 35.2 Å². The van der Waals surface area contributed by atoms with Crippen molar-refractivity contribution in [3.05, 3.63) is 35.7 Å². The average Bonchev–Trinajstić information content (AvgIpc) is 2.51. The third-order valence-corrected chi connectivity index (χ3v) is 4.69. The Hall–Kier alpha value is -1.75. The number of benzene rings is 1. The molecule has 21 heavy (non-hydrogen) atoms. The minimum atomic E-state index is 0.696. The van der Waals surface area contributed by atoms with Crippen LogP contribution in [-0.4, -0.2) is 34.6 Å². The largest absolute Gasteiger partial charge is 0.394 e. The molecular formula is C16H20N4S. The molecule has 0 amide bonds. The van der Waals surface area contributed by atoms with E-state index in [2.05, 4.69) is 33.9 Å². The first kappa shape index (κ1) is 14.2. The first-order valence-corrected chi connectivity index (χ1v) is 8.35. The van der Waals surface area contributed by atoms with Gasteiger partial charge in [0.2, 0.25) is 0 Å². The Morgan fingerprint density at radius 1 is 1.10 bits per heavy atom. The van der Waals surface area contributed by atoms with Gasteiger partial charge < -0.3 is 10.6 Å². The molecule has 1 aromatic carbocycles. The summed E-state index contributed by atoms with van der Waals surface area (Å²) in [5.74, 6) is 3.92. The molecule has 4 nitrogen and oxygen atoms in total. The normalized spacial score (nSPS) is 15.2. The molecule has 3 rings (SSSR count). The standard InChI is InChI=1S/C16H20N4S/c1-11-5-3-4-6-13(11)15-14(17)16(19-12(2)18-15)20-7-9-21-10-8-20/h3-6H,7-10,17H2,1-2H3. The van der Waals surface area contributed by atoms with Gasteiger partial charge in [-0.25, -0.2) is 9.97 Å². The fourth-order valence-corrected chi connectivity index (χ4v) is 3.53. The molecular weight excluding hydrogens is 280 g/mol. The molecule has 1 fully saturated rings. The zero-order valence-electron chi connectivity index (χ0n) is 12.5. The van der Waals surface area contributed by atoms with Crippen molar-refractivity contribution in [2.45, 2.75) is 13.8 Å². The number of nitrogens with zero attached hydrogens (tertiary/aromatic N) is 3. The van der Waals surface area contributed by atoms with E-state index in [0.29, 0.717) is 5.69 Å². The number of rotatable bonds is 2. The number of hydrogen-bond donors (Lipinski definition) is 1. The maximum atomic E-state index is 6.41. The van der Waals surface area contributed by atoms with Gasteiger partial charge in [-0.1, -0.05) is 24.3 Å². The summed E-state index contributed by atoms with van der Waals surface area (Å²) in [5, 5.41) is 0. The second-order valence-electron chi connectivity index (χ2n) is 5.27. The summed E-state index contributed by atoms with van der Waals surface area (Å²) in [6.45, 7) is 6.02. The number of aryl methyl sites for hydroxylation is 2. The Morgan fingerprint density at radius 3 is 2.52 bits per heavy atom. The average molecular weight is 300 g/mol. The molecule has 0 bridgehead atoms. The lowest BCUT2D eigenvalue weighted by Gasteiger charge is -2.29. The van der Waals surface area contributed by atoms with Crippen LogP contribution in [0.4, 0.5) is 11.5 Å². The second-order valence-corrected chi connectivity index (χ2v) is 6.50. The molecule has 0 spiro atoms. The van der Waals surface area contributed by atoms with Crippen LogP contribution >= 0.6 is 11.8 Å². The Balaban J connectivity index is 2.10. The van der Waals surface area contributed by atoms with E-state index < -0.39 is 0 Å². The van der Waals surface area contributed by atoms with Gasteiger partial charge in [0.1, 0.15) is 11.5 Å². The predicted octanol–water partition coefficient (Wildman–Crippen LogP) is 2.90. The van der Waals surface area contributed by atoms with Crippen molar-refractivity contribution < 1.29 is 0 Å². The Morgan fingerprint density at radius 2 is 1.81 bits per heavy atom. The third-order valence-electron chi connectivity index (χ3n) is 3.75. The minimum Gasteiger partial charge on any atom is -0.394 e. The van der Waals surface area contributed by atoms with Crippen molar-refractivity contribution in [2.24, 2.45) is 0 Å². The van der Waals surface area contributed by atoms with Crippen LogP contribution in [0.1, 0.15) is 11.4 Å². The van der Waals surface area contributed by atoms with E-state index in [0.717, 1.165) is 47.5 Å². The van der Waals surface area contributed by atoms with Crippen molar-refractivity contribution in [3.8, 4) is 11.3 Å². The van der Waals surface area contributed by atoms with Crippen LogP contribution in [0.3, 0.4) is 0 Å². The SMILES string of the molecule is Cc1nc(-c2ccccc2C)c(N)c(N2CCSCC2)n1. The van der Waals surface area contributed by atoms with Gasteiger partial charge in [0.25, 0.3) is 0 Å². The topological polar surface area (TPSA) is 55.0 Å². The quantitative estimate of drug-likeness (QED) is 0.924. The van der Waals surface area contributed by atoms with E-state index in [1.807, 2.05) is 30.8 Å². The van der Waals surface area contributed by atoms with Gasteiger partial charge >= 0.3 is 0 Å². The van der Waals surface area contributed by atoms with E-state index >= 15 is 0 Å². The molecule has 1 aromatic heterocycles. The first-order valence-electron chi connectivity index (χ1n) is 7.19. The Labute approximate surface area is 129 Å². The number of nitrogens with two attached hydrogens (primary N) is 1. The molecule has 1 aliphatic rings. The smallest absolute Gasteiger partial charge is 0.156 e. The molecule has 110 valence electrons. The molecule has 0 aliphatic carbocycles. The number of nitrogen functional groups attached to an aromatic ring is 1. The molecule has 5 heteroatoms. The summed E-state index contributed by atoms with van der Waals surface area (Å²) in [5.41, 5.74) is 10.2. The van der Waals surface area contributed by atoms with Crippen molar-refractivity contribution >= 4 is 23.3 Å². The highest BCUT2D eigenvalue weighted by atomic mass is 32.2. The molecule has 2 N–H and O–H groups in total. The monoisotopic (exact) mass is 300 g/mol. The summed E-state index contributed by atoms with van der Waals surface area (Å²) in [6.07, 6.45) is 0. The minimum absolute atomic E-state index is 0.696. The summed E-state index contributed by atoms with van der Waals surface area (Å²) < 4.78 is 0. The first-order chi connectivity index (χ1) is 10.2.